The van der Waals surface area contributed by atoms with Gasteiger partial charge in [0.25, 0.3) is 0 Å². The Balaban J connectivity index is 1.62. The van der Waals surface area contributed by atoms with Gasteiger partial charge in [-0.1, -0.05) is 60.7 Å². The van der Waals surface area contributed by atoms with Gasteiger partial charge in [-0.25, -0.2) is 4.79 Å². The predicted molar refractivity (Wildman–Crippen MR) is 96.8 cm³/mol. The molecule has 4 rings (SSSR count). The van der Waals surface area contributed by atoms with E-state index in [-0.39, 0.29) is 5.76 Å². The van der Waals surface area contributed by atoms with E-state index in [2.05, 4.69) is 0 Å². The quantitative estimate of drug-likeness (QED) is 0.550. The summed E-state index contributed by atoms with van der Waals surface area (Å²) >= 11 is 0. The van der Waals surface area contributed by atoms with Gasteiger partial charge in [0.1, 0.15) is 12.4 Å². The van der Waals surface area contributed by atoms with Crippen molar-refractivity contribution in [3.8, 4) is 5.75 Å². The Kier molecular flexibility index (Phi) is 4.09. The van der Waals surface area contributed by atoms with Crippen LogP contribution in [0.4, 0.5) is 0 Å². The summed E-state index contributed by atoms with van der Waals surface area (Å²) in [6.45, 7) is 0.889. The van der Waals surface area contributed by atoms with Crippen LogP contribution in [0, 0.1) is 0 Å². The standard InChI is InChI=1S/C21H17NO3/c23-21-22(18-11-5-7-13-20(18)25-21)14-17-10-4-6-12-19(17)24-15-16-8-2-1-3-9-16/h1-13H,14-15H2. The predicted octanol–water partition coefficient (Wildman–Crippen LogP) is 4.22. The molecule has 0 spiro atoms. The number of rotatable bonds is 5. The van der Waals surface area contributed by atoms with Crippen LogP contribution in [-0.4, -0.2) is 4.57 Å². The van der Waals surface area contributed by atoms with Crippen molar-refractivity contribution in [3.63, 3.8) is 0 Å². The molecule has 4 heteroatoms. The first-order valence-electron chi connectivity index (χ1n) is 8.14. The van der Waals surface area contributed by atoms with Gasteiger partial charge in [-0.2, -0.15) is 0 Å². The van der Waals surface area contributed by atoms with Crippen LogP contribution < -0.4 is 10.5 Å². The zero-order chi connectivity index (χ0) is 17.1. The fourth-order valence-corrected chi connectivity index (χ4v) is 2.84. The molecule has 0 saturated carbocycles. The first-order valence-corrected chi connectivity index (χ1v) is 8.14. The summed E-state index contributed by atoms with van der Waals surface area (Å²) in [6.07, 6.45) is 0. The minimum atomic E-state index is -0.362. The van der Waals surface area contributed by atoms with Crippen LogP contribution in [0.15, 0.2) is 88.1 Å². The smallest absolute Gasteiger partial charge is 0.420 e. The molecule has 25 heavy (non-hydrogen) atoms. The minimum Gasteiger partial charge on any atom is -0.489 e. The van der Waals surface area contributed by atoms with Crippen LogP contribution in [0.3, 0.4) is 0 Å². The van der Waals surface area contributed by atoms with Gasteiger partial charge in [-0.05, 0) is 23.8 Å². The molecule has 0 radical (unpaired) electrons. The molecule has 0 aliphatic carbocycles. The Labute approximate surface area is 144 Å². The van der Waals surface area contributed by atoms with Crippen LogP contribution in [0.5, 0.6) is 5.75 Å². The van der Waals surface area contributed by atoms with Crippen molar-refractivity contribution in [1.82, 2.24) is 4.57 Å². The highest BCUT2D eigenvalue weighted by Crippen LogP contribution is 2.22. The maximum atomic E-state index is 12.2. The van der Waals surface area contributed by atoms with E-state index in [0.717, 1.165) is 22.4 Å². The number of nitrogens with zero attached hydrogens (tertiary/aromatic N) is 1. The molecule has 0 bridgehead atoms. The van der Waals surface area contributed by atoms with Crippen molar-refractivity contribution in [2.24, 2.45) is 0 Å². The molecule has 0 fully saturated rings. The van der Waals surface area contributed by atoms with Crippen molar-refractivity contribution >= 4 is 11.1 Å². The maximum Gasteiger partial charge on any atom is 0.420 e. The SMILES string of the molecule is O=c1oc2ccccc2n1Cc1ccccc1OCc1ccccc1. The summed E-state index contributed by atoms with van der Waals surface area (Å²) < 4.78 is 12.9. The van der Waals surface area contributed by atoms with Crippen LogP contribution in [0.1, 0.15) is 11.1 Å². The summed E-state index contributed by atoms with van der Waals surface area (Å²) in [5, 5.41) is 0. The van der Waals surface area contributed by atoms with Gasteiger partial charge >= 0.3 is 5.76 Å². The summed E-state index contributed by atoms with van der Waals surface area (Å²) in [4.78, 5) is 12.2. The van der Waals surface area contributed by atoms with Crippen molar-refractivity contribution in [3.05, 3.63) is 101 Å². The molecule has 4 nitrogen and oxygen atoms in total. The lowest BCUT2D eigenvalue weighted by Crippen LogP contribution is -2.15. The van der Waals surface area contributed by atoms with E-state index >= 15 is 0 Å². The van der Waals surface area contributed by atoms with Gasteiger partial charge in [0.2, 0.25) is 0 Å². The zero-order valence-corrected chi connectivity index (χ0v) is 13.6. The van der Waals surface area contributed by atoms with Crippen LogP contribution in [0.2, 0.25) is 0 Å². The molecule has 1 heterocycles. The van der Waals surface area contributed by atoms with Crippen molar-refractivity contribution in [2.45, 2.75) is 13.2 Å². The average molecular weight is 331 g/mol. The largest absolute Gasteiger partial charge is 0.489 e. The molecule has 0 atom stereocenters. The van der Waals surface area contributed by atoms with Gasteiger partial charge in [0, 0.05) is 5.56 Å². The van der Waals surface area contributed by atoms with E-state index in [1.54, 1.807) is 10.6 Å². The van der Waals surface area contributed by atoms with E-state index in [1.807, 2.05) is 72.8 Å². The molecule has 0 saturated heterocycles. The second-order valence-electron chi connectivity index (χ2n) is 5.80. The van der Waals surface area contributed by atoms with Gasteiger partial charge in [-0.15, -0.1) is 0 Å². The molecule has 3 aromatic carbocycles. The van der Waals surface area contributed by atoms with Gasteiger partial charge in [0.05, 0.1) is 12.1 Å². The lowest BCUT2D eigenvalue weighted by molar-refractivity contribution is 0.302. The Morgan fingerprint density at radius 3 is 2.44 bits per heavy atom. The van der Waals surface area contributed by atoms with E-state index < -0.39 is 0 Å². The van der Waals surface area contributed by atoms with Crippen LogP contribution in [-0.2, 0) is 13.2 Å². The Morgan fingerprint density at radius 1 is 0.840 bits per heavy atom. The molecule has 124 valence electrons. The fraction of sp³-hybridized carbons (Fsp3) is 0.0952. The lowest BCUT2D eigenvalue weighted by atomic mass is 10.2. The maximum absolute atomic E-state index is 12.2. The summed E-state index contributed by atoms with van der Waals surface area (Å²) in [5.74, 6) is 0.405. The van der Waals surface area contributed by atoms with E-state index in [0.29, 0.717) is 18.7 Å². The monoisotopic (exact) mass is 331 g/mol. The minimum absolute atomic E-state index is 0.362. The molecule has 0 aliphatic heterocycles. The van der Waals surface area contributed by atoms with Crippen molar-refractivity contribution in [1.29, 1.82) is 0 Å². The average Bonchev–Trinajstić information content (AvgIpc) is 2.97. The van der Waals surface area contributed by atoms with Gasteiger partial charge in [0.15, 0.2) is 5.58 Å². The third-order valence-corrected chi connectivity index (χ3v) is 4.11. The summed E-state index contributed by atoms with van der Waals surface area (Å²) in [5.41, 5.74) is 3.41. The van der Waals surface area contributed by atoms with E-state index in [9.17, 15) is 4.79 Å². The Morgan fingerprint density at radius 2 is 1.56 bits per heavy atom. The second-order valence-corrected chi connectivity index (χ2v) is 5.80. The Hall–Kier alpha value is -3.27. The normalized spacial score (nSPS) is 10.9. The number of benzene rings is 3. The summed E-state index contributed by atoms with van der Waals surface area (Å²) in [7, 11) is 0. The van der Waals surface area contributed by atoms with Crippen molar-refractivity contribution in [2.75, 3.05) is 0 Å². The number of ether oxygens (including phenoxy) is 1. The van der Waals surface area contributed by atoms with Crippen LogP contribution in [0.25, 0.3) is 11.1 Å². The first kappa shape index (κ1) is 15.3. The molecule has 1 aromatic heterocycles. The van der Waals surface area contributed by atoms with Gasteiger partial charge < -0.3 is 9.15 Å². The molecule has 0 N–H and O–H groups in total. The highest BCUT2D eigenvalue weighted by molar-refractivity contribution is 5.72. The van der Waals surface area contributed by atoms with Crippen LogP contribution >= 0.6 is 0 Å². The van der Waals surface area contributed by atoms with Crippen molar-refractivity contribution < 1.29 is 9.15 Å². The highest BCUT2D eigenvalue weighted by atomic mass is 16.5. The fourth-order valence-electron chi connectivity index (χ4n) is 2.84. The molecule has 4 aromatic rings. The summed E-state index contributed by atoms with van der Waals surface area (Å²) in [6, 6.07) is 25.2. The number of fused-ring (bicyclic) bond motifs is 1. The third-order valence-electron chi connectivity index (χ3n) is 4.11. The second kappa shape index (κ2) is 6.69. The molecule has 0 unspecified atom stereocenters. The number of hydrogen-bond donors (Lipinski definition) is 0. The van der Waals surface area contributed by atoms with E-state index in [4.69, 9.17) is 9.15 Å². The topological polar surface area (TPSA) is 44.4 Å². The van der Waals surface area contributed by atoms with Gasteiger partial charge in [-0.3, -0.25) is 4.57 Å². The number of hydrogen-bond acceptors (Lipinski definition) is 3. The zero-order valence-electron chi connectivity index (χ0n) is 13.6. The third kappa shape index (κ3) is 3.19. The number of para-hydroxylation sites is 3. The lowest BCUT2D eigenvalue weighted by Gasteiger charge is -2.12. The first-order chi connectivity index (χ1) is 12.3. The number of oxazole rings is 1. The molecule has 0 aliphatic rings. The Bertz CT molecular complexity index is 1050. The number of aromatic nitrogens is 1. The molecular weight excluding hydrogens is 314 g/mol. The molecular formula is C21H17NO3. The molecule has 0 amide bonds. The highest BCUT2D eigenvalue weighted by Gasteiger charge is 2.11. The van der Waals surface area contributed by atoms with E-state index in [1.165, 1.54) is 0 Å².